The maximum Gasteiger partial charge on any atom is 0.111 e. The van der Waals surface area contributed by atoms with E-state index in [9.17, 15) is 20.4 Å². The third kappa shape index (κ3) is 6.94. The topological polar surface area (TPSA) is 110 Å². The molecule has 0 amide bonds. The molecule has 5 atom stereocenters. The number of rotatable bonds is 11. The van der Waals surface area contributed by atoms with Gasteiger partial charge in [0.2, 0.25) is 0 Å². The van der Waals surface area contributed by atoms with E-state index in [1.54, 1.807) is 5.57 Å². The van der Waals surface area contributed by atoms with Crippen LogP contribution in [0.1, 0.15) is 60.3 Å². The molecule has 1 rings (SSSR count). The Labute approximate surface area is 169 Å². The summed E-state index contributed by atoms with van der Waals surface area (Å²) in [5.74, 6) is 0.687. The van der Waals surface area contributed by atoms with Crippen LogP contribution >= 0.6 is 0 Å². The highest BCUT2D eigenvalue weighted by molar-refractivity contribution is 5.24. The van der Waals surface area contributed by atoms with E-state index in [2.05, 4.69) is 34.6 Å². The quantitative estimate of drug-likeness (QED) is 0.268. The first-order valence-corrected chi connectivity index (χ1v) is 10.3. The van der Waals surface area contributed by atoms with Crippen molar-refractivity contribution in [2.75, 3.05) is 19.8 Å². The zero-order valence-electron chi connectivity index (χ0n) is 18.1. The number of hydrogen-bond acceptors (Lipinski definition) is 6. The van der Waals surface area contributed by atoms with Crippen molar-refractivity contribution in [3.05, 3.63) is 22.8 Å². The van der Waals surface area contributed by atoms with Crippen molar-refractivity contribution < 1.29 is 30.3 Å². The van der Waals surface area contributed by atoms with Crippen molar-refractivity contribution in [1.29, 1.82) is 0 Å². The molecule has 6 nitrogen and oxygen atoms in total. The third-order valence-corrected chi connectivity index (χ3v) is 6.41. The van der Waals surface area contributed by atoms with Crippen molar-refractivity contribution in [2.24, 2.45) is 11.3 Å². The third-order valence-electron chi connectivity index (χ3n) is 6.41. The summed E-state index contributed by atoms with van der Waals surface area (Å²) in [7, 11) is 0. The lowest BCUT2D eigenvalue weighted by atomic mass is 9.65. The summed E-state index contributed by atoms with van der Waals surface area (Å²) in [6, 6.07) is 0. The highest BCUT2D eigenvalue weighted by atomic mass is 16.5. The van der Waals surface area contributed by atoms with Crippen molar-refractivity contribution in [3.63, 3.8) is 0 Å². The maximum absolute atomic E-state index is 9.83. The Balaban J connectivity index is 2.43. The Kier molecular flexibility index (Phi) is 10.3. The Morgan fingerprint density at radius 1 is 1.18 bits per heavy atom. The van der Waals surface area contributed by atoms with E-state index in [-0.39, 0.29) is 12.0 Å². The second-order valence-corrected chi connectivity index (χ2v) is 8.81. The highest BCUT2D eigenvalue weighted by Gasteiger charge is 2.34. The van der Waals surface area contributed by atoms with Gasteiger partial charge in [0.1, 0.15) is 24.4 Å². The Hall–Kier alpha value is -0.760. The lowest BCUT2D eigenvalue weighted by Crippen LogP contribution is -2.47. The van der Waals surface area contributed by atoms with Crippen LogP contribution in [0, 0.1) is 11.3 Å². The van der Waals surface area contributed by atoms with Crippen LogP contribution in [0.3, 0.4) is 0 Å². The van der Waals surface area contributed by atoms with Crippen LogP contribution in [0.5, 0.6) is 0 Å². The monoisotopic (exact) mass is 400 g/mol. The lowest BCUT2D eigenvalue weighted by Gasteiger charge is -2.40. The Morgan fingerprint density at radius 2 is 1.79 bits per heavy atom. The molecule has 0 aliphatic heterocycles. The average Bonchev–Trinajstić information content (AvgIpc) is 2.66. The van der Waals surface area contributed by atoms with Crippen molar-refractivity contribution in [1.82, 2.24) is 0 Å². The van der Waals surface area contributed by atoms with Gasteiger partial charge in [-0.2, -0.15) is 0 Å². The maximum atomic E-state index is 9.83. The predicted molar refractivity (Wildman–Crippen MR) is 110 cm³/mol. The summed E-state index contributed by atoms with van der Waals surface area (Å²) in [5, 5.41) is 47.2. The van der Waals surface area contributed by atoms with Gasteiger partial charge < -0.3 is 30.3 Å². The average molecular weight is 401 g/mol. The van der Waals surface area contributed by atoms with Crippen molar-refractivity contribution in [2.45, 2.75) is 84.7 Å². The molecule has 0 unspecified atom stereocenters. The molecule has 164 valence electrons. The summed E-state index contributed by atoms with van der Waals surface area (Å²) >= 11 is 0. The molecule has 0 heterocycles. The molecule has 5 N–H and O–H groups in total. The van der Waals surface area contributed by atoms with Gasteiger partial charge in [0.15, 0.2) is 0 Å². The van der Waals surface area contributed by atoms with Gasteiger partial charge in [-0.15, -0.1) is 0 Å². The minimum atomic E-state index is -1.63. The smallest absolute Gasteiger partial charge is 0.111 e. The molecule has 6 heteroatoms. The molecule has 0 aromatic rings. The Morgan fingerprint density at radius 3 is 2.39 bits per heavy atom. The van der Waals surface area contributed by atoms with Crippen LogP contribution in [0.4, 0.5) is 0 Å². The highest BCUT2D eigenvalue weighted by Crippen LogP contribution is 2.46. The van der Waals surface area contributed by atoms with Gasteiger partial charge >= 0.3 is 0 Å². The molecule has 0 bridgehead atoms. The van der Waals surface area contributed by atoms with E-state index in [1.165, 1.54) is 24.0 Å². The molecule has 0 saturated heterocycles. The minimum Gasteiger partial charge on any atom is -0.394 e. The van der Waals surface area contributed by atoms with Crippen LogP contribution in [0.2, 0.25) is 0 Å². The molecular weight excluding hydrogens is 360 g/mol. The minimum absolute atomic E-state index is 0.172. The van der Waals surface area contributed by atoms with Gasteiger partial charge in [-0.1, -0.05) is 43.6 Å². The zero-order chi connectivity index (χ0) is 21.5. The molecule has 0 saturated carbocycles. The van der Waals surface area contributed by atoms with E-state index in [1.807, 2.05) is 6.08 Å². The van der Waals surface area contributed by atoms with Gasteiger partial charge in [-0.05, 0) is 50.9 Å². The first-order valence-electron chi connectivity index (χ1n) is 10.3. The molecule has 1 aliphatic rings. The first-order chi connectivity index (χ1) is 13.0. The van der Waals surface area contributed by atoms with Crippen LogP contribution in [-0.4, -0.2) is 69.8 Å². The van der Waals surface area contributed by atoms with Crippen molar-refractivity contribution in [3.8, 4) is 0 Å². The molecule has 0 fully saturated rings. The summed E-state index contributed by atoms with van der Waals surface area (Å²) in [6.07, 6.45) is 0.339. The van der Waals surface area contributed by atoms with Gasteiger partial charge in [-0.3, -0.25) is 0 Å². The second-order valence-electron chi connectivity index (χ2n) is 8.81. The number of allylic oxidation sites excluding steroid dienone is 3. The number of aliphatic hydroxyl groups excluding tert-OH is 5. The largest absolute Gasteiger partial charge is 0.394 e. The SMILES string of the molecule is CC1=C(CC/C(C)=C\COC[C@@H](O)[C@@H](O)[C@H](O)[C@H](O)CO)C(C)(C)[C@H](C)CC1. The van der Waals surface area contributed by atoms with Gasteiger partial charge in [0.25, 0.3) is 0 Å². The second kappa shape index (κ2) is 11.4. The Bertz CT molecular complexity index is 539. The fourth-order valence-corrected chi connectivity index (χ4v) is 3.80. The van der Waals surface area contributed by atoms with E-state index >= 15 is 0 Å². The molecule has 0 aromatic carbocycles. The fraction of sp³-hybridized carbons (Fsp3) is 0.818. The van der Waals surface area contributed by atoms with E-state index in [4.69, 9.17) is 9.84 Å². The molecule has 0 radical (unpaired) electrons. The van der Waals surface area contributed by atoms with Crippen LogP contribution < -0.4 is 0 Å². The predicted octanol–water partition coefficient (Wildman–Crippen LogP) is 1.94. The molecule has 28 heavy (non-hydrogen) atoms. The van der Waals surface area contributed by atoms with E-state index in [0.29, 0.717) is 12.5 Å². The summed E-state index contributed by atoms with van der Waals surface area (Å²) in [5.41, 5.74) is 4.53. The van der Waals surface area contributed by atoms with Crippen molar-refractivity contribution >= 4 is 0 Å². The number of hydrogen-bond donors (Lipinski definition) is 5. The molecule has 1 aliphatic carbocycles. The zero-order valence-corrected chi connectivity index (χ0v) is 18.1. The van der Waals surface area contributed by atoms with Crippen LogP contribution in [0.15, 0.2) is 22.8 Å². The normalized spacial score (nSPS) is 24.8. The summed E-state index contributed by atoms with van der Waals surface area (Å²) in [4.78, 5) is 0. The van der Waals surface area contributed by atoms with Crippen LogP contribution in [0.25, 0.3) is 0 Å². The fourth-order valence-electron chi connectivity index (χ4n) is 3.80. The first kappa shape index (κ1) is 25.3. The number of aliphatic hydroxyl groups is 5. The standard InChI is InChI=1S/C22H40O6/c1-14(6-9-17-15(2)7-8-16(3)22(17,4)5)10-11-28-13-19(25)21(27)20(26)18(24)12-23/h10,16,18-21,23-27H,6-9,11-13H2,1-5H3/b14-10-/t16-,18-,19-,20-,21-/m1/s1. The number of ether oxygens (including phenoxy) is 1. The summed E-state index contributed by atoms with van der Waals surface area (Å²) < 4.78 is 5.37. The van der Waals surface area contributed by atoms with Gasteiger partial charge in [-0.25, -0.2) is 0 Å². The molecular formula is C22H40O6. The van der Waals surface area contributed by atoms with E-state index < -0.39 is 31.0 Å². The van der Waals surface area contributed by atoms with Gasteiger partial charge in [0, 0.05) is 0 Å². The van der Waals surface area contributed by atoms with E-state index in [0.717, 1.165) is 12.8 Å². The van der Waals surface area contributed by atoms with Crippen LogP contribution in [-0.2, 0) is 4.74 Å². The lowest BCUT2D eigenvalue weighted by molar-refractivity contribution is -0.127. The molecule has 0 spiro atoms. The van der Waals surface area contributed by atoms with Gasteiger partial charge in [0.05, 0.1) is 19.8 Å². The molecule has 0 aromatic heterocycles. The summed E-state index contributed by atoms with van der Waals surface area (Å²) in [6.45, 7) is 10.8.